The number of carboxylic acids is 1. The number of benzene rings is 1. The fourth-order valence-electron chi connectivity index (χ4n) is 3.06. The van der Waals surface area contributed by atoms with Crippen molar-refractivity contribution in [1.82, 2.24) is 4.90 Å². The highest BCUT2D eigenvalue weighted by atomic mass is 16.4. The van der Waals surface area contributed by atoms with Crippen LogP contribution in [0.1, 0.15) is 26.3 Å². The van der Waals surface area contributed by atoms with Crippen LogP contribution in [0.3, 0.4) is 0 Å². The summed E-state index contributed by atoms with van der Waals surface area (Å²) in [4.78, 5) is 25.6. The predicted octanol–water partition coefficient (Wildman–Crippen LogP) is 2.43. The third-order valence-corrected chi connectivity index (χ3v) is 4.28. The van der Waals surface area contributed by atoms with Crippen molar-refractivity contribution >= 4 is 11.9 Å². The normalized spacial score (nSPS) is 22.3. The Labute approximate surface area is 125 Å². The fraction of sp³-hybridized carbons (Fsp3) is 0.529. The van der Waals surface area contributed by atoms with Crippen LogP contribution in [-0.2, 0) is 16.0 Å². The van der Waals surface area contributed by atoms with Crippen molar-refractivity contribution in [2.24, 2.45) is 17.3 Å². The van der Waals surface area contributed by atoms with Gasteiger partial charge in [0.25, 0.3) is 0 Å². The number of aliphatic carboxylic acids is 1. The summed E-state index contributed by atoms with van der Waals surface area (Å²) in [5.74, 6) is -1.19. The predicted molar refractivity (Wildman–Crippen MR) is 80.8 cm³/mol. The summed E-state index contributed by atoms with van der Waals surface area (Å²) < 4.78 is 0. The molecule has 2 rings (SSSR count). The summed E-state index contributed by atoms with van der Waals surface area (Å²) in [5, 5.41) is 9.18. The number of hydrogen-bond donors (Lipinski definition) is 1. The lowest BCUT2D eigenvalue weighted by Crippen LogP contribution is -2.41. The Morgan fingerprint density at radius 1 is 1.24 bits per heavy atom. The molecule has 2 atom stereocenters. The van der Waals surface area contributed by atoms with E-state index in [1.54, 1.807) is 4.90 Å². The van der Waals surface area contributed by atoms with Gasteiger partial charge in [0, 0.05) is 18.5 Å². The number of likely N-dealkylation sites (tertiary alicyclic amines) is 1. The average molecular weight is 289 g/mol. The van der Waals surface area contributed by atoms with Gasteiger partial charge in [-0.05, 0) is 17.9 Å². The van der Waals surface area contributed by atoms with Crippen LogP contribution < -0.4 is 0 Å². The van der Waals surface area contributed by atoms with Crippen LogP contribution in [0.25, 0.3) is 0 Å². The van der Waals surface area contributed by atoms with Gasteiger partial charge in [-0.15, -0.1) is 0 Å². The highest BCUT2D eigenvalue weighted by Gasteiger charge is 2.41. The largest absolute Gasteiger partial charge is 0.481 e. The summed E-state index contributed by atoms with van der Waals surface area (Å²) in [6, 6.07) is 9.92. The quantitative estimate of drug-likeness (QED) is 0.926. The molecule has 0 radical (unpaired) electrons. The van der Waals surface area contributed by atoms with E-state index in [0.717, 1.165) is 5.56 Å². The third kappa shape index (κ3) is 3.43. The first-order chi connectivity index (χ1) is 9.81. The number of carbonyl (C=O) groups is 2. The van der Waals surface area contributed by atoms with Gasteiger partial charge in [0.1, 0.15) is 0 Å². The minimum atomic E-state index is -0.807. The van der Waals surface area contributed by atoms with Crippen molar-refractivity contribution in [3.8, 4) is 0 Å². The van der Waals surface area contributed by atoms with Gasteiger partial charge in [0.15, 0.2) is 0 Å². The SMILES string of the molecule is C[C@@H]1CN(C(=O)C(C)(C)Cc2ccccc2)C[C@H]1C(=O)O. The molecule has 1 aromatic rings. The molecular formula is C17H23NO3. The van der Waals surface area contributed by atoms with Gasteiger partial charge in [0.05, 0.1) is 5.92 Å². The highest BCUT2D eigenvalue weighted by molar-refractivity contribution is 5.83. The Morgan fingerprint density at radius 3 is 2.38 bits per heavy atom. The topological polar surface area (TPSA) is 57.6 Å². The smallest absolute Gasteiger partial charge is 0.308 e. The van der Waals surface area contributed by atoms with Crippen molar-refractivity contribution in [3.05, 3.63) is 35.9 Å². The standard InChI is InChI=1S/C17H23NO3/c1-12-10-18(11-14(12)15(19)20)16(21)17(2,3)9-13-7-5-4-6-8-13/h4-8,12,14H,9-11H2,1-3H3,(H,19,20)/t12-,14-/m1/s1. The fourth-order valence-corrected chi connectivity index (χ4v) is 3.06. The molecule has 1 saturated heterocycles. The van der Waals surface area contributed by atoms with Crippen LogP contribution in [0.15, 0.2) is 30.3 Å². The second-order valence-electron chi connectivity index (χ2n) is 6.68. The molecule has 0 spiro atoms. The monoisotopic (exact) mass is 289 g/mol. The minimum Gasteiger partial charge on any atom is -0.481 e. The number of nitrogens with zero attached hydrogens (tertiary/aromatic N) is 1. The first-order valence-corrected chi connectivity index (χ1v) is 7.37. The zero-order valence-electron chi connectivity index (χ0n) is 12.9. The molecule has 114 valence electrons. The van der Waals surface area contributed by atoms with Gasteiger partial charge >= 0.3 is 5.97 Å². The van der Waals surface area contributed by atoms with E-state index in [4.69, 9.17) is 0 Å². The molecule has 0 aromatic heterocycles. The van der Waals surface area contributed by atoms with Gasteiger partial charge in [0.2, 0.25) is 5.91 Å². The first-order valence-electron chi connectivity index (χ1n) is 7.37. The first kappa shape index (κ1) is 15.5. The molecule has 0 saturated carbocycles. The summed E-state index contributed by atoms with van der Waals surface area (Å²) in [7, 11) is 0. The van der Waals surface area contributed by atoms with Crippen LogP contribution in [-0.4, -0.2) is 35.0 Å². The van der Waals surface area contributed by atoms with E-state index >= 15 is 0 Å². The van der Waals surface area contributed by atoms with Crippen LogP contribution >= 0.6 is 0 Å². The Kier molecular flexibility index (Phi) is 4.35. The summed E-state index contributed by atoms with van der Waals surface area (Å²) in [5.41, 5.74) is 0.604. The Hall–Kier alpha value is -1.84. The molecule has 0 unspecified atom stereocenters. The summed E-state index contributed by atoms with van der Waals surface area (Å²) in [6.45, 7) is 6.63. The summed E-state index contributed by atoms with van der Waals surface area (Å²) in [6.07, 6.45) is 0.662. The molecule has 1 heterocycles. The van der Waals surface area contributed by atoms with Crippen molar-refractivity contribution in [2.45, 2.75) is 27.2 Å². The van der Waals surface area contributed by atoms with E-state index in [1.165, 1.54) is 0 Å². The molecule has 4 nitrogen and oxygen atoms in total. The van der Waals surface area contributed by atoms with Gasteiger partial charge in [-0.25, -0.2) is 0 Å². The lowest BCUT2D eigenvalue weighted by atomic mass is 9.84. The zero-order valence-corrected chi connectivity index (χ0v) is 12.9. The molecule has 1 aliphatic rings. The van der Waals surface area contributed by atoms with Crippen molar-refractivity contribution < 1.29 is 14.7 Å². The molecule has 1 fully saturated rings. The second-order valence-corrected chi connectivity index (χ2v) is 6.68. The Bertz CT molecular complexity index is 524. The lowest BCUT2D eigenvalue weighted by molar-refractivity contribution is -0.143. The van der Waals surface area contributed by atoms with Crippen LogP contribution in [0.5, 0.6) is 0 Å². The lowest BCUT2D eigenvalue weighted by Gasteiger charge is -2.29. The van der Waals surface area contributed by atoms with Gasteiger partial charge in [-0.1, -0.05) is 51.1 Å². The van der Waals surface area contributed by atoms with Crippen molar-refractivity contribution in [2.75, 3.05) is 13.1 Å². The van der Waals surface area contributed by atoms with E-state index in [-0.39, 0.29) is 11.8 Å². The molecule has 0 bridgehead atoms. The number of amides is 1. The van der Waals surface area contributed by atoms with E-state index in [0.29, 0.717) is 19.5 Å². The highest BCUT2D eigenvalue weighted by Crippen LogP contribution is 2.30. The van der Waals surface area contributed by atoms with Gasteiger partial charge in [-0.2, -0.15) is 0 Å². The van der Waals surface area contributed by atoms with Gasteiger partial charge in [-0.3, -0.25) is 9.59 Å². The molecule has 1 aromatic carbocycles. The Balaban J connectivity index is 2.07. The Morgan fingerprint density at radius 2 is 1.86 bits per heavy atom. The maximum atomic E-state index is 12.7. The van der Waals surface area contributed by atoms with E-state index in [2.05, 4.69) is 0 Å². The number of carboxylic acid groups (broad SMARTS) is 1. The van der Waals surface area contributed by atoms with Gasteiger partial charge < -0.3 is 10.0 Å². The zero-order chi connectivity index (χ0) is 15.6. The number of rotatable bonds is 4. The van der Waals surface area contributed by atoms with Crippen molar-refractivity contribution in [1.29, 1.82) is 0 Å². The maximum Gasteiger partial charge on any atom is 0.308 e. The third-order valence-electron chi connectivity index (χ3n) is 4.28. The molecule has 1 N–H and O–H groups in total. The molecule has 1 aliphatic heterocycles. The van der Waals surface area contributed by atoms with E-state index in [1.807, 2.05) is 51.1 Å². The number of hydrogen-bond acceptors (Lipinski definition) is 2. The molecule has 21 heavy (non-hydrogen) atoms. The van der Waals surface area contributed by atoms with Crippen LogP contribution in [0.4, 0.5) is 0 Å². The maximum absolute atomic E-state index is 12.7. The average Bonchev–Trinajstić information content (AvgIpc) is 2.80. The summed E-state index contributed by atoms with van der Waals surface area (Å²) >= 11 is 0. The van der Waals surface area contributed by atoms with Crippen LogP contribution in [0, 0.1) is 17.3 Å². The minimum absolute atomic E-state index is 0.0129. The molecule has 4 heteroatoms. The van der Waals surface area contributed by atoms with E-state index < -0.39 is 17.3 Å². The van der Waals surface area contributed by atoms with Crippen molar-refractivity contribution in [3.63, 3.8) is 0 Å². The van der Waals surface area contributed by atoms with E-state index in [9.17, 15) is 14.7 Å². The number of carbonyl (C=O) groups excluding carboxylic acids is 1. The second kappa shape index (κ2) is 5.88. The molecular weight excluding hydrogens is 266 g/mol. The molecule has 1 amide bonds. The van der Waals surface area contributed by atoms with Crippen LogP contribution in [0.2, 0.25) is 0 Å². The molecule has 0 aliphatic carbocycles.